The summed E-state index contributed by atoms with van der Waals surface area (Å²) < 4.78 is 98.0. The lowest BCUT2D eigenvalue weighted by molar-refractivity contribution is -0.273. The minimum absolute atomic E-state index is 0.0601. The van der Waals surface area contributed by atoms with Crippen LogP contribution in [-0.2, 0) is 16.6 Å². The highest BCUT2D eigenvalue weighted by Crippen LogP contribution is 2.45. The second-order valence-corrected chi connectivity index (χ2v) is 14.0. The van der Waals surface area contributed by atoms with Crippen LogP contribution in [0.25, 0.3) is 55.6 Å². The molecule has 258 valence electrons. The number of halogens is 4. The lowest BCUT2D eigenvalue weighted by atomic mass is 9.96. The van der Waals surface area contributed by atoms with Crippen molar-refractivity contribution in [3.63, 3.8) is 0 Å². The average Bonchev–Trinajstić information content (AvgIpc) is 3.63. The number of furan rings is 1. The molecular weight excluding hydrogens is 678 g/mol. The smallest absolute Gasteiger partial charge is 0.422 e. The van der Waals surface area contributed by atoms with Gasteiger partial charge >= 0.3 is 6.18 Å². The molecule has 1 amide bonds. The van der Waals surface area contributed by atoms with Crippen molar-refractivity contribution in [2.45, 2.75) is 25.2 Å². The Bertz CT molecular complexity index is 2420. The Morgan fingerprint density at radius 2 is 1.70 bits per heavy atom. The van der Waals surface area contributed by atoms with Crippen molar-refractivity contribution in [3.8, 4) is 39.5 Å². The van der Waals surface area contributed by atoms with Gasteiger partial charge in [-0.15, -0.1) is 0 Å². The first kappa shape index (κ1) is 33.2. The summed E-state index contributed by atoms with van der Waals surface area (Å²) >= 11 is 0. The summed E-state index contributed by atoms with van der Waals surface area (Å²) in [4.78, 5) is 13.3. The zero-order valence-corrected chi connectivity index (χ0v) is 27.4. The number of anilines is 1. The van der Waals surface area contributed by atoms with Crippen LogP contribution in [0.1, 0.15) is 17.3 Å². The maximum atomic E-state index is 14.2. The zero-order valence-electron chi connectivity index (χ0n) is 26.6. The molecule has 0 saturated heterocycles. The Kier molecular flexibility index (Phi) is 7.90. The second kappa shape index (κ2) is 11.9. The van der Waals surface area contributed by atoms with Crippen molar-refractivity contribution < 1.29 is 45.0 Å². The van der Waals surface area contributed by atoms with E-state index in [9.17, 15) is 35.9 Å². The van der Waals surface area contributed by atoms with Gasteiger partial charge in [-0.25, -0.2) is 12.8 Å². The van der Waals surface area contributed by atoms with Crippen LogP contribution in [0.4, 0.5) is 23.2 Å². The van der Waals surface area contributed by atoms with E-state index in [2.05, 4.69) is 10.0 Å². The molecule has 1 unspecified atom stereocenters. The Morgan fingerprint density at radius 3 is 2.40 bits per heavy atom. The van der Waals surface area contributed by atoms with E-state index in [0.29, 0.717) is 44.2 Å². The summed E-state index contributed by atoms with van der Waals surface area (Å²) in [5.41, 5.74) is -0.455. The van der Waals surface area contributed by atoms with Crippen LogP contribution in [-0.4, -0.2) is 55.2 Å². The van der Waals surface area contributed by atoms with Crippen LogP contribution in [0, 0.1) is 5.82 Å². The third-order valence-electron chi connectivity index (χ3n) is 8.83. The number of nitrogens with zero attached hydrogens (tertiary/aromatic N) is 1. The Morgan fingerprint density at radius 1 is 0.980 bits per heavy atom. The number of aromatic nitrogens is 1. The number of ether oxygens (including phenoxy) is 1. The fourth-order valence-electron chi connectivity index (χ4n) is 6.16. The molecular formula is C36H29F4N3O6S. The van der Waals surface area contributed by atoms with Gasteiger partial charge in [0.25, 0.3) is 5.91 Å². The molecule has 3 heterocycles. The van der Waals surface area contributed by atoms with Crippen molar-refractivity contribution in [2.24, 2.45) is 0 Å². The van der Waals surface area contributed by atoms with Gasteiger partial charge in [0.05, 0.1) is 29.2 Å². The zero-order chi connectivity index (χ0) is 35.6. The van der Waals surface area contributed by atoms with E-state index < -0.39 is 46.7 Å². The first-order valence-electron chi connectivity index (χ1n) is 15.5. The highest BCUT2D eigenvalue weighted by atomic mass is 32.2. The monoisotopic (exact) mass is 707 g/mol. The fourth-order valence-corrected chi connectivity index (χ4v) is 6.81. The SMILES string of the molecule is CCS(=O)(=O)Nc1cc2oc(-c3ccc(F)cc3)c(C(=O)NC)c2cc1-c1ccc2c(c1)-c1cc3ccccc3n1CC(O)(C(F)(F)F)CO2. The van der Waals surface area contributed by atoms with Crippen molar-refractivity contribution in [1.82, 2.24) is 9.88 Å². The molecule has 0 bridgehead atoms. The van der Waals surface area contributed by atoms with E-state index in [0.717, 1.165) is 0 Å². The lowest BCUT2D eigenvalue weighted by Gasteiger charge is -2.34. The van der Waals surface area contributed by atoms with Gasteiger partial charge in [-0.3, -0.25) is 9.52 Å². The van der Waals surface area contributed by atoms with Gasteiger partial charge < -0.3 is 24.1 Å². The summed E-state index contributed by atoms with van der Waals surface area (Å²) in [7, 11) is -2.41. The number of hydrogen-bond donors (Lipinski definition) is 3. The van der Waals surface area contributed by atoms with Gasteiger partial charge in [0.15, 0.2) is 0 Å². The molecule has 3 N–H and O–H groups in total. The van der Waals surface area contributed by atoms with Gasteiger partial charge in [0, 0.05) is 46.1 Å². The normalized spacial score (nSPS) is 16.3. The van der Waals surface area contributed by atoms with E-state index >= 15 is 0 Å². The Labute approximate surface area is 283 Å². The maximum absolute atomic E-state index is 14.2. The third kappa shape index (κ3) is 5.63. The molecule has 7 rings (SSSR count). The molecule has 1 atom stereocenters. The van der Waals surface area contributed by atoms with Crippen molar-refractivity contribution in [2.75, 3.05) is 24.1 Å². The molecule has 0 spiro atoms. The molecule has 0 saturated carbocycles. The lowest BCUT2D eigenvalue weighted by Crippen LogP contribution is -2.53. The van der Waals surface area contributed by atoms with E-state index in [1.54, 1.807) is 48.5 Å². The third-order valence-corrected chi connectivity index (χ3v) is 10.1. The number of carbonyl (C=O) groups is 1. The summed E-state index contributed by atoms with van der Waals surface area (Å²) in [6, 6.07) is 21.6. The second-order valence-electron chi connectivity index (χ2n) is 12.0. The maximum Gasteiger partial charge on any atom is 0.422 e. The van der Waals surface area contributed by atoms with Gasteiger partial charge in [0.2, 0.25) is 15.6 Å². The number of carbonyl (C=O) groups excluding carboxylic acids is 1. The first-order chi connectivity index (χ1) is 23.7. The topological polar surface area (TPSA) is 123 Å². The van der Waals surface area contributed by atoms with Crippen LogP contribution in [0.3, 0.4) is 0 Å². The largest absolute Gasteiger partial charge is 0.489 e. The fraction of sp³-hybridized carbons (Fsp3) is 0.194. The summed E-state index contributed by atoms with van der Waals surface area (Å²) in [5.74, 6) is -1.06. The first-order valence-corrected chi connectivity index (χ1v) is 17.1. The minimum atomic E-state index is -5.01. The molecule has 0 radical (unpaired) electrons. The van der Waals surface area contributed by atoms with Crippen LogP contribution in [0.5, 0.6) is 5.75 Å². The highest BCUT2D eigenvalue weighted by molar-refractivity contribution is 7.92. The number of sulfonamides is 1. The van der Waals surface area contributed by atoms with Gasteiger partial charge in [0.1, 0.15) is 29.5 Å². The summed E-state index contributed by atoms with van der Waals surface area (Å²) in [5, 5.41) is 14.4. The van der Waals surface area contributed by atoms with Crippen molar-refractivity contribution in [1.29, 1.82) is 0 Å². The predicted octanol–water partition coefficient (Wildman–Crippen LogP) is 7.33. The molecule has 1 aliphatic heterocycles. The van der Waals surface area contributed by atoms with E-state index in [4.69, 9.17) is 9.15 Å². The number of alkyl halides is 3. The van der Waals surface area contributed by atoms with Crippen LogP contribution >= 0.6 is 0 Å². The van der Waals surface area contributed by atoms with E-state index in [1.807, 2.05) is 0 Å². The van der Waals surface area contributed by atoms with Crippen LogP contribution < -0.4 is 14.8 Å². The number of benzene rings is 4. The number of para-hydroxylation sites is 1. The molecule has 1 aliphatic rings. The number of fused-ring (bicyclic) bond motifs is 6. The van der Waals surface area contributed by atoms with Crippen molar-refractivity contribution in [3.05, 3.63) is 96.3 Å². The number of amides is 1. The molecule has 6 aromatic rings. The minimum Gasteiger partial charge on any atom is -0.489 e. The van der Waals surface area contributed by atoms with Gasteiger partial charge in [-0.2, -0.15) is 13.2 Å². The van der Waals surface area contributed by atoms with E-state index in [-0.39, 0.29) is 34.1 Å². The quantitative estimate of drug-likeness (QED) is 0.156. The standard InChI is InChI=1S/C36H29F4N3O6S/c1-3-50(46,47)42-27-17-31-26(32(34(44)41-2)33(49-31)20-8-11-23(37)12-9-20)16-24(27)21-10-13-30-25(14-21)29-15-22-6-4-5-7-28(22)43(29)18-35(45,19-48-30)36(38,39)40/h4-17,42,45H,3,18-19H2,1-2H3,(H,41,44). The number of rotatable bonds is 6. The average molecular weight is 708 g/mol. The Balaban J connectivity index is 1.48. The molecule has 0 aliphatic carbocycles. The summed E-state index contributed by atoms with van der Waals surface area (Å²) in [6.07, 6.45) is -5.01. The van der Waals surface area contributed by atoms with Gasteiger partial charge in [-0.1, -0.05) is 24.3 Å². The predicted molar refractivity (Wildman–Crippen MR) is 181 cm³/mol. The Hall–Kier alpha value is -5.34. The molecule has 14 heteroatoms. The van der Waals surface area contributed by atoms with Crippen molar-refractivity contribution >= 4 is 43.5 Å². The molecule has 0 fully saturated rings. The molecule has 9 nitrogen and oxygen atoms in total. The van der Waals surface area contributed by atoms with Gasteiger partial charge in [-0.05, 0) is 67.1 Å². The summed E-state index contributed by atoms with van der Waals surface area (Å²) in [6.45, 7) is -0.445. The molecule has 2 aromatic heterocycles. The molecule has 50 heavy (non-hydrogen) atoms. The highest BCUT2D eigenvalue weighted by Gasteiger charge is 2.55. The van der Waals surface area contributed by atoms with Crippen LogP contribution in [0.15, 0.2) is 89.3 Å². The van der Waals surface area contributed by atoms with Crippen LogP contribution in [0.2, 0.25) is 0 Å². The van der Waals surface area contributed by atoms with E-state index in [1.165, 1.54) is 54.9 Å². The molecule has 4 aromatic carbocycles. The number of hydrogen-bond acceptors (Lipinski definition) is 6. The number of aliphatic hydroxyl groups is 1. The number of nitrogens with one attached hydrogen (secondary N) is 2.